The molecule has 0 saturated carbocycles. The van der Waals surface area contributed by atoms with Crippen LogP contribution in [0.2, 0.25) is 5.02 Å². The van der Waals surface area contributed by atoms with Crippen molar-refractivity contribution in [1.82, 2.24) is 10.2 Å². The van der Waals surface area contributed by atoms with E-state index >= 15 is 0 Å². The molecule has 3 rings (SSSR count). The minimum Gasteiger partial charge on any atom is -0.493 e. The largest absolute Gasteiger partial charge is 0.493 e. The van der Waals surface area contributed by atoms with Gasteiger partial charge < -0.3 is 24.8 Å². The summed E-state index contributed by atoms with van der Waals surface area (Å²) in [4.78, 5) is 12.5. The maximum Gasteiger partial charge on any atom is 0.323 e. The Kier molecular flexibility index (Phi) is 6.13. The Balaban J connectivity index is 1.93. The first kappa shape index (κ1) is 20.3. The van der Waals surface area contributed by atoms with Crippen molar-refractivity contribution >= 4 is 29.0 Å². The van der Waals surface area contributed by atoms with Crippen LogP contribution in [0.5, 0.6) is 17.2 Å². The van der Waals surface area contributed by atoms with Gasteiger partial charge in [0.2, 0.25) is 5.75 Å². The second-order valence-corrected chi connectivity index (χ2v) is 6.51. The molecule has 152 valence electrons. The Morgan fingerprint density at radius 3 is 2.31 bits per heavy atom. The van der Waals surface area contributed by atoms with Crippen LogP contribution < -0.4 is 24.8 Å². The van der Waals surface area contributed by atoms with E-state index in [1.807, 2.05) is 6.92 Å². The van der Waals surface area contributed by atoms with Gasteiger partial charge in [-0.25, -0.2) is 4.79 Å². The monoisotopic (exact) mass is 416 g/mol. The van der Waals surface area contributed by atoms with E-state index in [0.717, 1.165) is 0 Å². The summed E-state index contributed by atoms with van der Waals surface area (Å²) in [5.74, 6) is 1.44. The van der Waals surface area contributed by atoms with Crippen molar-refractivity contribution in [2.75, 3.05) is 32.0 Å². The smallest absolute Gasteiger partial charge is 0.323 e. The number of anilines is 2. The molecule has 0 radical (unpaired) electrons. The van der Waals surface area contributed by atoms with Crippen LogP contribution in [-0.4, -0.2) is 37.6 Å². The van der Waals surface area contributed by atoms with Gasteiger partial charge in [0, 0.05) is 16.3 Å². The lowest BCUT2D eigenvalue weighted by molar-refractivity contribution is 0.262. The van der Waals surface area contributed by atoms with Gasteiger partial charge in [-0.2, -0.15) is 5.10 Å². The van der Waals surface area contributed by atoms with Gasteiger partial charge in [0.05, 0.1) is 32.7 Å². The molecule has 0 spiro atoms. The van der Waals surface area contributed by atoms with E-state index in [4.69, 9.17) is 25.8 Å². The van der Waals surface area contributed by atoms with Gasteiger partial charge >= 0.3 is 6.03 Å². The van der Waals surface area contributed by atoms with Crippen LogP contribution in [0.25, 0.3) is 11.3 Å². The molecule has 3 N–H and O–H groups in total. The second-order valence-electron chi connectivity index (χ2n) is 6.08. The van der Waals surface area contributed by atoms with Gasteiger partial charge in [0.1, 0.15) is 5.69 Å². The number of nitrogens with one attached hydrogen (secondary N) is 3. The Hall–Kier alpha value is -3.39. The molecule has 0 saturated heterocycles. The fourth-order valence-corrected chi connectivity index (χ4v) is 3.04. The number of aromatic amines is 1. The van der Waals surface area contributed by atoms with Crippen LogP contribution in [-0.2, 0) is 0 Å². The lowest BCUT2D eigenvalue weighted by Crippen LogP contribution is -2.20. The topological polar surface area (TPSA) is 97.5 Å². The number of aromatic nitrogens is 2. The molecule has 0 unspecified atom stereocenters. The summed E-state index contributed by atoms with van der Waals surface area (Å²) in [6.07, 6.45) is 0. The minimum atomic E-state index is -0.426. The lowest BCUT2D eigenvalue weighted by atomic mass is 10.1. The first-order valence-electron chi connectivity index (χ1n) is 8.65. The fourth-order valence-electron chi connectivity index (χ4n) is 2.85. The number of benzene rings is 2. The molecule has 0 aliphatic rings. The molecule has 1 aromatic heterocycles. The van der Waals surface area contributed by atoms with E-state index < -0.39 is 6.03 Å². The van der Waals surface area contributed by atoms with Crippen molar-refractivity contribution in [3.05, 3.63) is 47.1 Å². The number of amides is 2. The van der Waals surface area contributed by atoms with E-state index in [2.05, 4.69) is 20.8 Å². The number of rotatable bonds is 6. The van der Waals surface area contributed by atoms with Gasteiger partial charge in [0.15, 0.2) is 11.5 Å². The highest BCUT2D eigenvalue weighted by Gasteiger charge is 2.20. The molecule has 1 heterocycles. The molecule has 8 nitrogen and oxygen atoms in total. The predicted molar refractivity (Wildman–Crippen MR) is 113 cm³/mol. The summed E-state index contributed by atoms with van der Waals surface area (Å²) in [6, 6.07) is 9.98. The molecular formula is C20H21ClN4O4. The van der Waals surface area contributed by atoms with Crippen LogP contribution in [0, 0.1) is 6.92 Å². The molecule has 0 fully saturated rings. The van der Waals surface area contributed by atoms with Crippen LogP contribution in [0.4, 0.5) is 16.2 Å². The number of urea groups is 1. The van der Waals surface area contributed by atoms with Gasteiger partial charge in [-0.05, 0) is 37.3 Å². The average Bonchev–Trinajstić information content (AvgIpc) is 3.06. The van der Waals surface area contributed by atoms with Crippen molar-refractivity contribution in [1.29, 1.82) is 0 Å². The van der Waals surface area contributed by atoms with Crippen molar-refractivity contribution in [2.45, 2.75) is 6.92 Å². The quantitative estimate of drug-likeness (QED) is 0.540. The van der Waals surface area contributed by atoms with Crippen molar-refractivity contribution < 1.29 is 19.0 Å². The number of carbonyl (C=O) groups excluding carboxylic acids is 1. The molecule has 0 aliphatic carbocycles. The van der Waals surface area contributed by atoms with E-state index in [0.29, 0.717) is 50.6 Å². The first-order valence-corrected chi connectivity index (χ1v) is 9.03. The number of aryl methyl sites for hydroxylation is 1. The third-order valence-electron chi connectivity index (χ3n) is 4.21. The normalized spacial score (nSPS) is 10.4. The van der Waals surface area contributed by atoms with Crippen LogP contribution in [0.1, 0.15) is 5.69 Å². The fraction of sp³-hybridized carbons (Fsp3) is 0.200. The van der Waals surface area contributed by atoms with E-state index in [1.54, 1.807) is 36.4 Å². The third kappa shape index (κ3) is 4.38. The minimum absolute atomic E-state index is 0.426. The number of halogens is 1. The number of ether oxygens (including phenoxy) is 3. The number of carbonyl (C=O) groups is 1. The number of H-pyrrole nitrogens is 1. The molecule has 2 amide bonds. The van der Waals surface area contributed by atoms with Crippen molar-refractivity contribution in [3.63, 3.8) is 0 Å². The Morgan fingerprint density at radius 2 is 1.72 bits per heavy atom. The predicted octanol–water partition coefficient (Wildman–Crippen LogP) is 4.71. The zero-order chi connectivity index (χ0) is 21.0. The zero-order valence-corrected chi connectivity index (χ0v) is 17.2. The number of hydrogen-bond donors (Lipinski definition) is 3. The molecule has 29 heavy (non-hydrogen) atoms. The van der Waals surface area contributed by atoms with Gasteiger partial charge in [0.25, 0.3) is 0 Å². The standard InChI is InChI=1S/C20H21ClN4O4/c1-11-17(23-20(26)22-14-7-5-6-13(21)10-14)18(25-24-11)12-8-15(27-2)19(29-4)16(9-12)28-3/h5-10H,1-4H3,(H,24,25)(H2,22,23,26). The number of nitrogens with zero attached hydrogens (tertiary/aromatic N) is 1. The molecule has 2 aromatic carbocycles. The summed E-state index contributed by atoms with van der Waals surface area (Å²) in [5, 5.41) is 13.3. The number of hydrogen-bond acceptors (Lipinski definition) is 5. The Labute approximate surface area is 173 Å². The highest BCUT2D eigenvalue weighted by molar-refractivity contribution is 6.30. The highest BCUT2D eigenvalue weighted by Crippen LogP contribution is 2.42. The highest BCUT2D eigenvalue weighted by atomic mass is 35.5. The molecule has 3 aromatic rings. The summed E-state index contributed by atoms with van der Waals surface area (Å²) >= 11 is 5.96. The zero-order valence-electron chi connectivity index (χ0n) is 16.4. The first-order chi connectivity index (χ1) is 14.0. The average molecular weight is 417 g/mol. The van der Waals surface area contributed by atoms with Crippen molar-refractivity contribution in [3.8, 4) is 28.5 Å². The van der Waals surface area contributed by atoms with Gasteiger partial charge in [-0.15, -0.1) is 0 Å². The van der Waals surface area contributed by atoms with Crippen LogP contribution in [0.3, 0.4) is 0 Å². The molecule has 0 bridgehead atoms. The molecular weight excluding hydrogens is 396 g/mol. The van der Waals surface area contributed by atoms with Crippen LogP contribution >= 0.6 is 11.6 Å². The van der Waals surface area contributed by atoms with Crippen molar-refractivity contribution in [2.24, 2.45) is 0 Å². The third-order valence-corrected chi connectivity index (χ3v) is 4.44. The summed E-state index contributed by atoms with van der Waals surface area (Å²) in [6.45, 7) is 1.81. The Bertz CT molecular complexity index is 1010. The SMILES string of the molecule is COc1cc(-c2n[nH]c(C)c2NC(=O)Nc2cccc(Cl)c2)cc(OC)c1OC. The van der Waals surface area contributed by atoms with E-state index in [1.165, 1.54) is 21.3 Å². The molecule has 9 heteroatoms. The van der Waals surface area contributed by atoms with Gasteiger partial charge in [-0.1, -0.05) is 17.7 Å². The lowest BCUT2D eigenvalue weighted by Gasteiger charge is -2.14. The molecule has 0 aliphatic heterocycles. The summed E-state index contributed by atoms with van der Waals surface area (Å²) in [5.41, 5.74) is 3.00. The summed E-state index contributed by atoms with van der Waals surface area (Å²) < 4.78 is 16.2. The maximum absolute atomic E-state index is 12.5. The van der Waals surface area contributed by atoms with E-state index in [-0.39, 0.29) is 0 Å². The second kappa shape index (κ2) is 8.74. The summed E-state index contributed by atoms with van der Waals surface area (Å²) in [7, 11) is 4.61. The number of methoxy groups -OCH3 is 3. The molecule has 0 atom stereocenters. The Morgan fingerprint density at radius 1 is 1.03 bits per heavy atom. The van der Waals surface area contributed by atoms with E-state index in [9.17, 15) is 4.79 Å². The maximum atomic E-state index is 12.5. The van der Waals surface area contributed by atoms with Crippen LogP contribution in [0.15, 0.2) is 36.4 Å². The van der Waals surface area contributed by atoms with Gasteiger partial charge in [-0.3, -0.25) is 5.10 Å².